The van der Waals surface area contributed by atoms with Crippen molar-refractivity contribution in [3.63, 3.8) is 0 Å². The second-order valence-electron chi connectivity index (χ2n) is 11.8. The van der Waals surface area contributed by atoms with Crippen LogP contribution in [0.4, 0.5) is 0 Å². The van der Waals surface area contributed by atoms with E-state index >= 15 is 0 Å². The maximum absolute atomic E-state index is 13.3. The highest BCUT2D eigenvalue weighted by Gasteiger charge is 2.38. The van der Waals surface area contributed by atoms with Crippen LogP contribution in [-0.2, 0) is 25.6 Å². The first-order valence-electron chi connectivity index (χ1n) is 14.3. The molecule has 3 atom stereocenters. The Morgan fingerprint density at radius 1 is 0.780 bits per heavy atom. The van der Waals surface area contributed by atoms with Gasteiger partial charge in [0.25, 0.3) is 11.8 Å². The number of carbonyl (C=O) groups excluding carboxylic acids is 5. The second kappa shape index (κ2) is 14.6. The molecule has 0 aromatic heterocycles. The van der Waals surface area contributed by atoms with Crippen molar-refractivity contribution in [1.82, 2.24) is 21.3 Å². The molecule has 4 N–H and O–H groups in total. The van der Waals surface area contributed by atoms with Gasteiger partial charge in [-0.25, -0.2) is 0 Å². The fourth-order valence-corrected chi connectivity index (χ4v) is 4.85. The summed E-state index contributed by atoms with van der Waals surface area (Å²) in [6.07, 6.45) is 5.01. The zero-order valence-electron chi connectivity index (χ0n) is 24.4. The third-order valence-electron chi connectivity index (χ3n) is 7.27. The van der Waals surface area contributed by atoms with E-state index in [1.807, 2.05) is 30.3 Å². The summed E-state index contributed by atoms with van der Waals surface area (Å²) in [5, 5.41) is 11.0. The SMILES string of the molecule is CC(NC(=O)C(Cc1ccccc1)NC(=O)c1ccccc1)C(=O)NC(C(=O)C(=O)NC1CCCCC1)C(C)(C)C. The van der Waals surface area contributed by atoms with Crippen molar-refractivity contribution < 1.29 is 24.0 Å². The summed E-state index contributed by atoms with van der Waals surface area (Å²) in [6, 6.07) is 14.7. The van der Waals surface area contributed by atoms with E-state index in [1.54, 1.807) is 51.1 Å². The quantitative estimate of drug-likeness (QED) is 0.313. The molecule has 1 aliphatic carbocycles. The zero-order chi connectivity index (χ0) is 30.0. The molecule has 9 heteroatoms. The Hall–Kier alpha value is -4.01. The average molecular weight is 563 g/mol. The molecule has 2 aromatic carbocycles. The predicted molar refractivity (Wildman–Crippen MR) is 157 cm³/mol. The van der Waals surface area contributed by atoms with Crippen LogP contribution in [0, 0.1) is 5.41 Å². The van der Waals surface area contributed by atoms with Gasteiger partial charge in [-0.2, -0.15) is 0 Å². The maximum atomic E-state index is 13.3. The van der Waals surface area contributed by atoms with Gasteiger partial charge in [0.15, 0.2) is 0 Å². The first kappa shape index (κ1) is 31.5. The Kier molecular flexibility index (Phi) is 11.2. The Morgan fingerprint density at radius 3 is 1.95 bits per heavy atom. The first-order valence-corrected chi connectivity index (χ1v) is 14.3. The van der Waals surface area contributed by atoms with E-state index in [9.17, 15) is 24.0 Å². The molecule has 0 saturated heterocycles. The monoisotopic (exact) mass is 562 g/mol. The number of rotatable bonds is 11. The summed E-state index contributed by atoms with van der Waals surface area (Å²) in [7, 11) is 0. The molecule has 220 valence electrons. The number of hydrogen-bond acceptors (Lipinski definition) is 5. The molecule has 1 aliphatic rings. The fraction of sp³-hybridized carbons (Fsp3) is 0.469. The van der Waals surface area contributed by atoms with Gasteiger partial charge in [-0.1, -0.05) is 88.6 Å². The van der Waals surface area contributed by atoms with Gasteiger partial charge in [0.1, 0.15) is 18.1 Å². The van der Waals surface area contributed by atoms with Gasteiger partial charge in [0.2, 0.25) is 17.6 Å². The number of ketones is 1. The topological polar surface area (TPSA) is 133 Å². The molecule has 41 heavy (non-hydrogen) atoms. The molecule has 1 fully saturated rings. The first-order chi connectivity index (χ1) is 19.5. The number of carbonyl (C=O) groups is 5. The van der Waals surface area contributed by atoms with Crippen LogP contribution < -0.4 is 21.3 Å². The maximum Gasteiger partial charge on any atom is 0.289 e. The van der Waals surface area contributed by atoms with Gasteiger partial charge in [-0.15, -0.1) is 0 Å². The number of nitrogens with one attached hydrogen (secondary N) is 4. The van der Waals surface area contributed by atoms with Gasteiger partial charge in [0, 0.05) is 18.0 Å². The van der Waals surface area contributed by atoms with Crippen LogP contribution in [0.15, 0.2) is 60.7 Å². The van der Waals surface area contributed by atoms with Crippen molar-refractivity contribution in [2.75, 3.05) is 0 Å². The predicted octanol–water partition coefficient (Wildman–Crippen LogP) is 3.08. The molecule has 1 saturated carbocycles. The van der Waals surface area contributed by atoms with Crippen LogP contribution in [0.25, 0.3) is 0 Å². The standard InChI is InChI=1S/C32H42N4O5/c1-21(28(38)36-27(32(2,3)4)26(37)31(41)34-24-18-12-7-13-19-24)33-30(40)25(20-22-14-8-5-9-15-22)35-29(39)23-16-10-6-11-17-23/h5-6,8-11,14-17,21,24-25,27H,7,12-13,18-20H2,1-4H3,(H,33,40)(H,34,41)(H,35,39)(H,36,38). The minimum Gasteiger partial charge on any atom is -0.347 e. The lowest BCUT2D eigenvalue weighted by Crippen LogP contribution is -2.59. The Balaban J connectivity index is 1.67. The Labute approximate surface area is 242 Å². The number of Topliss-reactive ketones (excluding diaryl/α,β-unsaturated/α-hetero) is 1. The molecule has 0 spiro atoms. The van der Waals surface area contributed by atoms with Crippen molar-refractivity contribution in [3.05, 3.63) is 71.8 Å². The molecule has 2 aromatic rings. The van der Waals surface area contributed by atoms with E-state index in [4.69, 9.17) is 0 Å². The highest BCUT2D eigenvalue weighted by molar-refractivity contribution is 6.38. The van der Waals surface area contributed by atoms with E-state index in [0.717, 1.165) is 37.7 Å². The minimum absolute atomic E-state index is 0.0395. The highest BCUT2D eigenvalue weighted by atomic mass is 16.2. The van der Waals surface area contributed by atoms with Crippen LogP contribution >= 0.6 is 0 Å². The normalized spacial score (nSPS) is 16.0. The van der Waals surface area contributed by atoms with Gasteiger partial charge < -0.3 is 21.3 Å². The van der Waals surface area contributed by atoms with E-state index in [1.165, 1.54) is 6.92 Å². The van der Waals surface area contributed by atoms with Gasteiger partial charge >= 0.3 is 0 Å². The molecule has 9 nitrogen and oxygen atoms in total. The van der Waals surface area contributed by atoms with Crippen molar-refractivity contribution in [1.29, 1.82) is 0 Å². The molecule has 0 bridgehead atoms. The summed E-state index contributed by atoms with van der Waals surface area (Å²) in [5.74, 6) is -2.99. The van der Waals surface area contributed by atoms with E-state index in [2.05, 4.69) is 21.3 Å². The summed E-state index contributed by atoms with van der Waals surface area (Å²) >= 11 is 0. The molecule has 0 aliphatic heterocycles. The molecule has 0 radical (unpaired) electrons. The van der Waals surface area contributed by atoms with E-state index in [-0.39, 0.29) is 12.5 Å². The molecule has 3 rings (SSSR count). The Bertz CT molecular complexity index is 1200. The van der Waals surface area contributed by atoms with Crippen LogP contribution in [-0.4, -0.2) is 53.6 Å². The Morgan fingerprint density at radius 2 is 1.37 bits per heavy atom. The molecule has 4 amide bonds. The molecular weight excluding hydrogens is 520 g/mol. The van der Waals surface area contributed by atoms with Gasteiger partial charge in [-0.05, 0) is 42.9 Å². The lowest BCUT2D eigenvalue weighted by atomic mass is 9.83. The van der Waals surface area contributed by atoms with Crippen LogP contribution in [0.1, 0.15) is 75.7 Å². The highest BCUT2D eigenvalue weighted by Crippen LogP contribution is 2.22. The van der Waals surface area contributed by atoms with Crippen molar-refractivity contribution in [2.24, 2.45) is 5.41 Å². The summed E-state index contributed by atoms with van der Waals surface area (Å²) in [4.78, 5) is 65.3. The van der Waals surface area contributed by atoms with E-state index < -0.39 is 53.0 Å². The summed E-state index contributed by atoms with van der Waals surface area (Å²) in [5.41, 5.74) is 0.488. The molecule has 3 unspecified atom stereocenters. The summed E-state index contributed by atoms with van der Waals surface area (Å²) in [6.45, 7) is 6.80. The third kappa shape index (κ3) is 9.55. The smallest absolute Gasteiger partial charge is 0.289 e. The lowest BCUT2D eigenvalue weighted by Gasteiger charge is -2.32. The van der Waals surface area contributed by atoms with Crippen molar-refractivity contribution in [3.8, 4) is 0 Å². The third-order valence-corrected chi connectivity index (χ3v) is 7.27. The van der Waals surface area contributed by atoms with Crippen molar-refractivity contribution >= 4 is 29.4 Å². The minimum atomic E-state index is -1.09. The van der Waals surface area contributed by atoms with E-state index in [0.29, 0.717) is 5.56 Å². The average Bonchev–Trinajstić information content (AvgIpc) is 2.95. The fourth-order valence-electron chi connectivity index (χ4n) is 4.85. The largest absolute Gasteiger partial charge is 0.347 e. The zero-order valence-corrected chi connectivity index (χ0v) is 24.4. The van der Waals surface area contributed by atoms with Crippen LogP contribution in [0.5, 0.6) is 0 Å². The number of benzene rings is 2. The number of amides is 4. The lowest BCUT2D eigenvalue weighted by molar-refractivity contribution is -0.142. The second-order valence-corrected chi connectivity index (χ2v) is 11.8. The number of hydrogen-bond donors (Lipinski definition) is 4. The van der Waals surface area contributed by atoms with Gasteiger partial charge in [-0.3, -0.25) is 24.0 Å². The van der Waals surface area contributed by atoms with Crippen LogP contribution in [0.2, 0.25) is 0 Å². The van der Waals surface area contributed by atoms with Gasteiger partial charge in [0.05, 0.1) is 0 Å². The summed E-state index contributed by atoms with van der Waals surface area (Å²) < 4.78 is 0. The van der Waals surface area contributed by atoms with Crippen LogP contribution in [0.3, 0.4) is 0 Å². The van der Waals surface area contributed by atoms with Crippen molar-refractivity contribution in [2.45, 2.75) is 90.4 Å². The molecule has 0 heterocycles. The molecular formula is C32H42N4O5.